The summed E-state index contributed by atoms with van der Waals surface area (Å²) in [7, 11) is 0. The first-order chi connectivity index (χ1) is 15.3. The van der Waals surface area contributed by atoms with E-state index < -0.39 is 0 Å². The smallest absolute Gasteiger partial charge is 0.227 e. The average molecular weight is 421 g/mol. The Morgan fingerprint density at radius 3 is 2.06 bits per heavy atom. The first-order valence-electron chi connectivity index (χ1n) is 12.8. The van der Waals surface area contributed by atoms with Crippen LogP contribution >= 0.6 is 0 Å². The van der Waals surface area contributed by atoms with Gasteiger partial charge in [0.15, 0.2) is 12.4 Å². The fraction of sp³-hybridized carbons (Fsp3) is 0.586. The van der Waals surface area contributed by atoms with Gasteiger partial charge in [-0.3, -0.25) is 4.79 Å². The minimum atomic E-state index is 0.166. The lowest BCUT2D eigenvalue weighted by atomic mass is 9.77. The van der Waals surface area contributed by atoms with Gasteiger partial charge in [0.05, 0.1) is 0 Å². The second-order valence-corrected chi connectivity index (χ2v) is 9.57. The Balaban J connectivity index is 1.33. The number of ketones is 1. The molecule has 1 aliphatic rings. The third-order valence-electron chi connectivity index (χ3n) is 7.12. The topological polar surface area (TPSA) is 20.9 Å². The van der Waals surface area contributed by atoms with Crippen LogP contribution in [0.4, 0.5) is 0 Å². The van der Waals surface area contributed by atoms with Gasteiger partial charge in [-0.05, 0) is 43.1 Å². The lowest BCUT2D eigenvalue weighted by Crippen LogP contribution is -2.37. The van der Waals surface area contributed by atoms with Crippen LogP contribution in [0.1, 0.15) is 112 Å². The van der Waals surface area contributed by atoms with Crippen LogP contribution in [0.15, 0.2) is 54.9 Å². The van der Waals surface area contributed by atoms with Crippen molar-refractivity contribution in [3.05, 3.63) is 66.0 Å². The highest BCUT2D eigenvalue weighted by atomic mass is 16.1. The molecule has 2 aromatic rings. The summed E-state index contributed by atoms with van der Waals surface area (Å²) < 4.78 is 2.01. The molecule has 2 nitrogen and oxygen atoms in total. The van der Waals surface area contributed by atoms with Crippen molar-refractivity contribution in [2.45, 2.75) is 103 Å². The first-order valence-corrected chi connectivity index (χ1v) is 12.8. The van der Waals surface area contributed by atoms with Crippen LogP contribution in [0.2, 0.25) is 0 Å². The lowest BCUT2D eigenvalue weighted by molar-refractivity contribution is -0.683. The van der Waals surface area contributed by atoms with Gasteiger partial charge in [0, 0.05) is 17.7 Å². The highest BCUT2D eigenvalue weighted by Crippen LogP contribution is 2.37. The maximum Gasteiger partial charge on any atom is 0.227 e. The standard InChI is InChI=1S/C29H42NO/c1-2-3-4-5-6-7-8-10-13-25-16-18-26(19-17-25)27-20-22-30(23-21-27)24-29(31)28-14-11-9-12-15-28/h9,11-12,14-15,20-23,25-26H,2-8,10,13,16-19,24H2,1H3/q+1. The fourth-order valence-corrected chi connectivity index (χ4v) is 5.08. The number of carbonyl (C=O) groups excluding carboxylic acids is 1. The summed E-state index contributed by atoms with van der Waals surface area (Å²) in [6, 6.07) is 14.1. The van der Waals surface area contributed by atoms with E-state index in [2.05, 4.69) is 31.5 Å². The van der Waals surface area contributed by atoms with Crippen LogP contribution in [0.25, 0.3) is 0 Å². The van der Waals surface area contributed by atoms with Crippen molar-refractivity contribution in [1.82, 2.24) is 0 Å². The van der Waals surface area contributed by atoms with Gasteiger partial charge in [0.2, 0.25) is 12.3 Å². The van der Waals surface area contributed by atoms with Gasteiger partial charge >= 0.3 is 0 Å². The molecule has 0 atom stereocenters. The molecule has 1 fully saturated rings. The Hall–Kier alpha value is -1.96. The molecule has 1 aromatic heterocycles. The maximum atomic E-state index is 12.4. The molecular weight excluding hydrogens is 378 g/mol. The molecule has 0 saturated heterocycles. The number of pyridine rings is 1. The van der Waals surface area contributed by atoms with Crippen molar-refractivity contribution in [3.63, 3.8) is 0 Å². The number of hydrogen-bond donors (Lipinski definition) is 0. The summed E-state index contributed by atoms with van der Waals surface area (Å²) >= 11 is 0. The predicted molar refractivity (Wildman–Crippen MR) is 129 cm³/mol. The molecule has 3 rings (SSSR count). The quantitative estimate of drug-likeness (QED) is 0.185. The van der Waals surface area contributed by atoms with E-state index in [0.717, 1.165) is 11.5 Å². The van der Waals surface area contributed by atoms with Crippen LogP contribution in [0, 0.1) is 5.92 Å². The van der Waals surface area contributed by atoms with Gasteiger partial charge in [-0.25, -0.2) is 0 Å². The number of benzene rings is 1. The number of rotatable bonds is 13. The monoisotopic (exact) mass is 420 g/mol. The fourth-order valence-electron chi connectivity index (χ4n) is 5.08. The first kappa shape index (κ1) is 23.7. The number of Topliss-reactive ketones (excluding diaryl/α,β-unsaturated/α-hetero) is 1. The van der Waals surface area contributed by atoms with E-state index >= 15 is 0 Å². The predicted octanol–water partition coefficient (Wildman–Crippen LogP) is 7.66. The second-order valence-electron chi connectivity index (χ2n) is 9.57. The minimum Gasteiger partial charge on any atom is -0.287 e. The summed E-state index contributed by atoms with van der Waals surface area (Å²) in [5, 5.41) is 0. The lowest BCUT2D eigenvalue weighted by Gasteiger charge is -2.28. The van der Waals surface area contributed by atoms with Crippen LogP contribution in [-0.2, 0) is 6.54 Å². The van der Waals surface area contributed by atoms with E-state index in [1.165, 1.54) is 89.0 Å². The third-order valence-corrected chi connectivity index (χ3v) is 7.12. The third kappa shape index (κ3) is 8.24. The molecule has 1 heterocycles. The molecule has 168 valence electrons. The normalized spacial score (nSPS) is 18.7. The Labute approximate surface area is 190 Å². The number of nitrogens with zero attached hydrogens (tertiary/aromatic N) is 1. The summed E-state index contributed by atoms with van der Waals surface area (Å²) in [6.45, 7) is 2.70. The largest absolute Gasteiger partial charge is 0.287 e. The summed E-state index contributed by atoms with van der Waals surface area (Å²) in [4.78, 5) is 12.4. The van der Waals surface area contributed by atoms with Gasteiger partial charge in [-0.1, -0.05) is 95.0 Å². The SMILES string of the molecule is CCCCCCCCCCC1CCC(c2cc[n+](CC(=O)c3ccccc3)cc2)CC1. The second kappa shape index (κ2) is 13.5. The van der Waals surface area contributed by atoms with Crippen molar-refractivity contribution >= 4 is 5.78 Å². The summed E-state index contributed by atoms with van der Waals surface area (Å²) in [5.41, 5.74) is 2.24. The van der Waals surface area contributed by atoms with E-state index in [0.29, 0.717) is 12.5 Å². The van der Waals surface area contributed by atoms with Crippen LogP contribution in [0.3, 0.4) is 0 Å². The summed E-state index contributed by atoms with van der Waals surface area (Å²) in [5.74, 6) is 1.82. The Morgan fingerprint density at radius 2 is 1.42 bits per heavy atom. The maximum absolute atomic E-state index is 12.4. The van der Waals surface area contributed by atoms with Crippen molar-refractivity contribution in [3.8, 4) is 0 Å². The van der Waals surface area contributed by atoms with E-state index in [1.54, 1.807) is 0 Å². The van der Waals surface area contributed by atoms with Crippen LogP contribution in [0.5, 0.6) is 0 Å². The number of aromatic nitrogens is 1. The zero-order valence-corrected chi connectivity index (χ0v) is 19.6. The number of carbonyl (C=O) groups is 1. The van der Waals surface area contributed by atoms with E-state index in [-0.39, 0.29) is 5.78 Å². The molecule has 1 aliphatic carbocycles. The Bertz CT molecular complexity index is 744. The van der Waals surface area contributed by atoms with E-state index in [4.69, 9.17) is 0 Å². The van der Waals surface area contributed by atoms with Gasteiger partial charge in [-0.15, -0.1) is 0 Å². The molecule has 2 heteroatoms. The van der Waals surface area contributed by atoms with Crippen molar-refractivity contribution in [2.24, 2.45) is 5.92 Å². The molecular formula is C29H42NO+. The number of hydrogen-bond acceptors (Lipinski definition) is 1. The van der Waals surface area contributed by atoms with Gasteiger partial charge < -0.3 is 0 Å². The van der Waals surface area contributed by atoms with Gasteiger partial charge in [0.25, 0.3) is 0 Å². The number of unbranched alkanes of at least 4 members (excludes halogenated alkanes) is 7. The van der Waals surface area contributed by atoms with Crippen LogP contribution < -0.4 is 4.57 Å². The highest BCUT2D eigenvalue weighted by Gasteiger charge is 2.23. The zero-order chi connectivity index (χ0) is 21.7. The molecule has 31 heavy (non-hydrogen) atoms. The molecule has 0 unspecified atom stereocenters. The zero-order valence-electron chi connectivity index (χ0n) is 19.6. The van der Waals surface area contributed by atoms with Crippen molar-refractivity contribution in [1.29, 1.82) is 0 Å². The molecule has 1 aromatic carbocycles. The molecule has 0 radical (unpaired) electrons. The molecule has 0 bridgehead atoms. The Kier molecular flexibility index (Phi) is 10.3. The molecule has 0 spiro atoms. The molecule has 0 N–H and O–H groups in total. The Morgan fingerprint density at radius 1 is 0.806 bits per heavy atom. The average Bonchev–Trinajstić information content (AvgIpc) is 2.82. The molecule has 1 saturated carbocycles. The van der Waals surface area contributed by atoms with Crippen molar-refractivity contribution < 1.29 is 9.36 Å². The van der Waals surface area contributed by atoms with E-state index in [1.807, 2.05) is 34.9 Å². The minimum absolute atomic E-state index is 0.166. The van der Waals surface area contributed by atoms with Crippen LogP contribution in [-0.4, -0.2) is 5.78 Å². The van der Waals surface area contributed by atoms with Gasteiger partial charge in [-0.2, -0.15) is 4.57 Å². The van der Waals surface area contributed by atoms with E-state index in [9.17, 15) is 4.79 Å². The van der Waals surface area contributed by atoms with Gasteiger partial charge in [0.1, 0.15) is 0 Å². The summed E-state index contributed by atoms with van der Waals surface area (Å²) in [6.07, 6.45) is 22.4. The highest BCUT2D eigenvalue weighted by molar-refractivity contribution is 5.94. The molecule has 0 amide bonds. The molecule has 0 aliphatic heterocycles. The van der Waals surface area contributed by atoms with Crippen molar-refractivity contribution in [2.75, 3.05) is 0 Å².